The first-order valence-electron chi connectivity index (χ1n) is 6.31. The molecule has 5 nitrogen and oxygen atoms in total. The standard InChI is InChI=1S/C14H18ClN5/c1-10-7-13(19-16)18-14(17-10)9-20(2)8-11-3-5-12(15)6-4-11/h3-7H,8-9,16H2,1-2H3,(H,17,18,19). The van der Waals surface area contributed by atoms with Gasteiger partial charge in [0.25, 0.3) is 0 Å². The summed E-state index contributed by atoms with van der Waals surface area (Å²) in [6.07, 6.45) is 0. The van der Waals surface area contributed by atoms with Crippen LogP contribution in [0.25, 0.3) is 0 Å². The smallest absolute Gasteiger partial charge is 0.145 e. The van der Waals surface area contributed by atoms with Gasteiger partial charge in [0.05, 0.1) is 6.54 Å². The van der Waals surface area contributed by atoms with Crippen molar-refractivity contribution < 1.29 is 0 Å². The molecule has 0 amide bonds. The molecular weight excluding hydrogens is 274 g/mol. The minimum Gasteiger partial charge on any atom is -0.308 e. The average molecular weight is 292 g/mol. The molecule has 0 fully saturated rings. The van der Waals surface area contributed by atoms with Gasteiger partial charge >= 0.3 is 0 Å². The first kappa shape index (κ1) is 14.7. The van der Waals surface area contributed by atoms with Crippen LogP contribution in [-0.2, 0) is 13.1 Å². The Morgan fingerprint density at radius 1 is 1.20 bits per heavy atom. The van der Waals surface area contributed by atoms with Crippen LogP contribution in [-0.4, -0.2) is 21.9 Å². The number of anilines is 1. The summed E-state index contributed by atoms with van der Waals surface area (Å²) >= 11 is 5.88. The molecule has 0 spiro atoms. The number of rotatable bonds is 5. The summed E-state index contributed by atoms with van der Waals surface area (Å²) < 4.78 is 0. The fourth-order valence-electron chi connectivity index (χ4n) is 1.97. The van der Waals surface area contributed by atoms with E-state index in [2.05, 4.69) is 20.3 Å². The van der Waals surface area contributed by atoms with Crippen LogP contribution in [0.3, 0.4) is 0 Å². The van der Waals surface area contributed by atoms with Crippen molar-refractivity contribution in [2.75, 3.05) is 12.5 Å². The summed E-state index contributed by atoms with van der Waals surface area (Å²) in [4.78, 5) is 10.9. The van der Waals surface area contributed by atoms with Crippen LogP contribution in [0.1, 0.15) is 17.1 Å². The molecule has 2 aromatic rings. The van der Waals surface area contributed by atoms with Crippen LogP contribution >= 0.6 is 11.6 Å². The molecule has 106 valence electrons. The Hall–Kier alpha value is -1.69. The van der Waals surface area contributed by atoms with Gasteiger partial charge in [0.2, 0.25) is 0 Å². The zero-order valence-corrected chi connectivity index (χ0v) is 12.4. The third-order valence-corrected chi connectivity index (χ3v) is 3.08. The lowest BCUT2D eigenvalue weighted by Gasteiger charge is -2.16. The number of hydrazine groups is 1. The molecule has 0 aliphatic carbocycles. The fourth-order valence-corrected chi connectivity index (χ4v) is 2.10. The lowest BCUT2D eigenvalue weighted by molar-refractivity contribution is 0.310. The molecular formula is C14H18ClN5. The Kier molecular flexibility index (Phi) is 4.89. The highest BCUT2D eigenvalue weighted by Crippen LogP contribution is 2.12. The van der Waals surface area contributed by atoms with Crippen molar-refractivity contribution >= 4 is 17.4 Å². The van der Waals surface area contributed by atoms with Gasteiger partial charge < -0.3 is 5.43 Å². The number of nitrogens with zero attached hydrogens (tertiary/aromatic N) is 3. The average Bonchev–Trinajstić information content (AvgIpc) is 2.40. The van der Waals surface area contributed by atoms with Crippen LogP contribution in [0, 0.1) is 6.92 Å². The molecule has 20 heavy (non-hydrogen) atoms. The Morgan fingerprint density at radius 2 is 1.90 bits per heavy atom. The minimum atomic E-state index is 0.632. The van der Waals surface area contributed by atoms with Crippen LogP contribution in [0.15, 0.2) is 30.3 Å². The first-order valence-corrected chi connectivity index (χ1v) is 6.69. The lowest BCUT2D eigenvalue weighted by Crippen LogP contribution is -2.20. The van der Waals surface area contributed by atoms with Gasteiger partial charge in [-0.3, -0.25) is 4.90 Å². The molecule has 1 heterocycles. The Balaban J connectivity index is 2.02. The maximum absolute atomic E-state index is 5.88. The molecule has 0 aliphatic heterocycles. The molecule has 0 saturated carbocycles. The Morgan fingerprint density at radius 3 is 2.55 bits per heavy atom. The van der Waals surface area contributed by atoms with E-state index in [0.717, 1.165) is 23.1 Å². The van der Waals surface area contributed by atoms with Gasteiger partial charge in [-0.2, -0.15) is 0 Å². The second kappa shape index (κ2) is 6.65. The van der Waals surface area contributed by atoms with Crippen molar-refractivity contribution in [1.29, 1.82) is 0 Å². The summed E-state index contributed by atoms with van der Waals surface area (Å²) in [5, 5.41) is 0.747. The zero-order chi connectivity index (χ0) is 14.5. The van der Waals surface area contributed by atoms with Crippen molar-refractivity contribution in [3.63, 3.8) is 0 Å². The van der Waals surface area contributed by atoms with E-state index >= 15 is 0 Å². The zero-order valence-electron chi connectivity index (χ0n) is 11.6. The number of halogens is 1. The highest BCUT2D eigenvalue weighted by atomic mass is 35.5. The molecule has 0 aliphatic rings. The first-order chi connectivity index (χ1) is 9.56. The van der Waals surface area contributed by atoms with E-state index in [1.165, 1.54) is 5.56 Å². The number of hydrogen-bond donors (Lipinski definition) is 2. The highest BCUT2D eigenvalue weighted by molar-refractivity contribution is 6.30. The van der Waals surface area contributed by atoms with Crippen LogP contribution in [0.2, 0.25) is 5.02 Å². The van der Waals surface area contributed by atoms with Crippen molar-refractivity contribution in [1.82, 2.24) is 14.9 Å². The number of benzene rings is 1. The van der Waals surface area contributed by atoms with Crippen LogP contribution in [0.4, 0.5) is 5.82 Å². The predicted molar refractivity (Wildman–Crippen MR) is 81.2 cm³/mol. The highest BCUT2D eigenvalue weighted by Gasteiger charge is 2.06. The molecule has 0 atom stereocenters. The number of nitrogen functional groups attached to an aromatic ring is 1. The van der Waals surface area contributed by atoms with Crippen LogP contribution in [0.5, 0.6) is 0 Å². The number of nitrogens with one attached hydrogen (secondary N) is 1. The third-order valence-electron chi connectivity index (χ3n) is 2.83. The van der Waals surface area contributed by atoms with Crippen molar-refractivity contribution in [3.8, 4) is 0 Å². The van der Waals surface area contributed by atoms with E-state index in [1.54, 1.807) is 0 Å². The van der Waals surface area contributed by atoms with Crippen molar-refractivity contribution in [3.05, 3.63) is 52.4 Å². The van der Waals surface area contributed by atoms with E-state index in [0.29, 0.717) is 12.4 Å². The number of aryl methyl sites for hydroxylation is 1. The van der Waals surface area contributed by atoms with E-state index in [4.69, 9.17) is 17.4 Å². The largest absolute Gasteiger partial charge is 0.308 e. The van der Waals surface area contributed by atoms with Crippen molar-refractivity contribution in [2.24, 2.45) is 5.84 Å². The molecule has 1 aromatic heterocycles. The van der Waals surface area contributed by atoms with E-state index in [1.807, 2.05) is 44.3 Å². The molecule has 0 saturated heterocycles. The SMILES string of the molecule is Cc1cc(NN)nc(CN(C)Cc2ccc(Cl)cc2)n1. The van der Waals surface area contributed by atoms with Gasteiger partial charge in [0, 0.05) is 23.3 Å². The van der Waals surface area contributed by atoms with Gasteiger partial charge in [0.15, 0.2) is 0 Å². The summed E-state index contributed by atoms with van der Waals surface area (Å²) in [5.74, 6) is 6.77. The van der Waals surface area contributed by atoms with E-state index < -0.39 is 0 Å². The maximum Gasteiger partial charge on any atom is 0.145 e. The Bertz CT molecular complexity index is 570. The van der Waals surface area contributed by atoms with E-state index in [9.17, 15) is 0 Å². The third kappa shape index (κ3) is 4.16. The summed E-state index contributed by atoms with van der Waals surface area (Å²) in [6, 6.07) is 9.63. The summed E-state index contributed by atoms with van der Waals surface area (Å²) in [7, 11) is 2.02. The fraction of sp³-hybridized carbons (Fsp3) is 0.286. The Labute approximate surface area is 123 Å². The van der Waals surface area contributed by atoms with Crippen LogP contribution < -0.4 is 11.3 Å². The second-order valence-corrected chi connectivity index (χ2v) is 5.19. The molecule has 3 N–H and O–H groups in total. The number of nitrogens with two attached hydrogens (primary N) is 1. The van der Waals surface area contributed by atoms with Gasteiger partial charge in [0.1, 0.15) is 11.6 Å². The van der Waals surface area contributed by atoms with Gasteiger partial charge in [-0.1, -0.05) is 23.7 Å². The van der Waals surface area contributed by atoms with Gasteiger partial charge in [-0.15, -0.1) is 0 Å². The molecule has 1 aromatic carbocycles. The minimum absolute atomic E-state index is 0.632. The molecule has 6 heteroatoms. The normalized spacial score (nSPS) is 10.8. The quantitative estimate of drug-likeness (QED) is 0.654. The van der Waals surface area contributed by atoms with Gasteiger partial charge in [-0.25, -0.2) is 15.8 Å². The molecule has 0 radical (unpaired) electrons. The van der Waals surface area contributed by atoms with Crippen molar-refractivity contribution in [2.45, 2.75) is 20.0 Å². The molecule has 0 bridgehead atoms. The number of aromatic nitrogens is 2. The monoisotopic (exact) mass is 291 g/mol. The molecule has 0 unspecified atom stereocenters. The lowest BCUT2D eigenvalue weighted by atomic mass is 10.2. The summed E-state index contributed by atoms with van der Waals surface area (Å²) in [6.45, 7) is 3.38. The molecule has 2 rings (SSSR count). The topological polar surface area (TPSA) is 67.1 Å². The summed E-state index contributed by atoms with van der Waals surface area (Å²) in [5.41, 5.74) is 4.64. The van der Waals surface area contributed by atoms with Gasteiger partial charge in [-0.05, 0) is 31.7 Å². The maximum atomic E-state index is 5.88. The predicted octanol–water partition coefficient (Wildman–Crippen LogP) is 2.36. The second-order valence-electron chi connectivity index (χ2n) is 4.75. The number of hydrogen-bond acceptors (Lipinski definition) is 5. The van der Waals surface area contributed by atoms with E-state index in [-0.39, 0.29) is 0 Å².